The highest BCUT2D eigenvalue weighted by atomic mass is 16.6. The highest BCUT2D eigenvalue weighted by Gasteiger charge is 2.18. The molecule has 5 nitrogen and oxygen atoms in total. The van der Waals surface area contributed by atoms with Gasteiger partial charge in [0, 0.05) is 36.2 Å². The number of hydrogen-bond acceptors (Lipinski definition) is 3. The Morgan fingerprint density at radius 3 is 2.33 bits per heavy atom. The van der Waals surface area contributed by atoms with E-state index in [4.69, 9.17) is 4.99 Å². The second-order valence-corrected chi connectivity index (χ2v) is 6.79. The molecule has 136 valence electrons. The first-order valence-corrected chi connectivity index (χ1v) is 9.28. The van der Waals surface area contributed by atoms with Crippen LogP contribution in [-0.4, -0.2) is 28.7 Å². The fourth-order valence-electron chi connectivity index (χ4n) is 3.58. The van der Waals surface area contributed by atoms with Gasteiger partial charge >= 0.3 is 0 Å². The predicted molar refractivity (Wildman–Crippen MR) is 109 cm³/mol. The van der Waals surface area contributed by atoms with Crippen molar-refractivity contribution in [3.8, 4) is 0 Å². The van der Waals surface area contributed by atoms with Gasteiger partial charge in [-0.25, -0.2) is 4.99 Å². The minimum atomic E-state index is -0.369. The molecule has 27 heavy (non-hydrogen) atoms. The molecule has 0 saturated carbocycles. The summed E-state index contributed by atoms with van der Waals surface area (Å²) in [6.07, 6.45) is 3.52. The van der Waals surface area contributed by atoms with Crippen LogP contribution in [0.15, 0.2) is 71.7 Å². The van der Waals surface area contributed by atoms with Crippen molar-refractivity contribution in [3.63, 3.8) is 0 Å². The molecule has 1 aliphatic heterocycles. The van der Waals surface area contributed by atoms with Gasteiger partial charge in [0.2, 0.25) is 0 Å². The number of fused-ring (bicyclic) bond motifs is 1. The molecular weight excluding hydrogens is 338 g/mol. The maximum absolute atomic E-state index is 11.0. The van der Waals surface area contributed by atoms with Crippen LogP contribution in [0.2, 0.25) is 0 Å². The monoisotopic (exact) mass is 359 g/mol. The van der Waals surface area contributed by atoms with Crippen molar-refractivity contribution in [2.24, 2.45) is 4.99 Å². The smallest absolute Gasteiger partial charge is 0.269 e. The quantitative estimate of drug-likeness (QED) is 0.275. The minimum Gasteiger partial charge on any atom is -0.356 e. The number of aliphatic imine (C=N–C) groups is 1. The second-order valence-electron chi connectivity index (χ2n) is 6.79. The van der Waals surface area contributed by atoms with Gasteiger partial charge in [-0.2, -0.15) is 0 Å². The van der Waals surface area contributed by atoms with Gasteiger partial charge in [0.15, 0.2) is 0 Å². The largest absolute Gasteiger partial charge is 0.356 e. The first kappa shape index (κ1) is 17.2. The van der Waals surface area contributed by atoms with Crippen LogP contribution < -0.4 is 0 Å². The van der Waals surface area contributed by atoms with Gasteiger partial charge in [0.05, 0.1) is 10.6 Å². The molecule has 0 aliphatic carbocycles. The molecule has 1 aliphatic rings. The van der Waals surface area contributed by atoms with Crippen LogP contribution in [0.3, 0.4) is 0 Å². The Kier molecular flexibility index (Phi) is 4.83. The number of rotatable bonds is 3. The van der Waals surface area contributed by atoms with Crippen molar-refractivity contribution in [3.05, 3.63) is 82.4 Å². The van der Waals surface area contributed by atoms with Crippen LogP contribution >= 0.6 is 0 Å². The molecule has 1 heterocycles. The van der Waals surface area contributed by atoms with Crippen molar-refractivity contribution in [1.29, 1.82) is 0 Å². The van der Waals surface area contributed by atoms with Gasteiger partial charge in [-0.15, -0.1) is 0 Å². The average molecular weight is 359 g/mol. The number of nitro benzene ring substituents is 1. The Labute approximate surface area is 158 Å². The maximum atomic E-state index is 11.0. The Morgan fingerprint density at radius 2 is 1.59 bits per heavy atom. The number of nitro groups is 1. The summed E-state index contributed by atoms with van der Waals surface area (Å²) < 4.78 is 0. The Bertz CT molecular complexity index is 985. The predicted octanol–water partition coefficient (Wildman–Crippen LogP) is 5.31. The SMILES string of the molecule is O=[N+]([O-])c1ccc(C(=Nc2cccc3ccccc23)N2CCCCC2)cc1. The van der Waals surface area contributed by atoms with Crippen LogP contribution in [0.5, 0.6) is 0 Å². The molecule has 4 rings (SSSR count). The summed E-state index contributed by atoms with van der Waals surface area (Å²) in [6, 6.07) is 21.1. The van der Waals surface area contributed by atoms with Crippen molar-refractivity contribution >= 4 is 28.0 Å². The summed E-state index contributed by atoms with van der Waals surface area (Å²) in [5.74, 6) is 0.890. The molecule has 0 amide bonds. The van der Waals surface area contributed by atoms with Crippen LogP contribution in [0.1, 0.15) is 24.8 Å². The third-order valence-electron chi connectivity index (χ3n) is 4.98. The highest BCUT2D eigenvalue weighted by molar-refractivity contribution is 6.03. The van der Waals surface area contributed by atoms with Crippen LogP contribution in [0.25, 0.3) is 10.8 Å². The van der Waals surface area contributed by atoms with Crippen LogP contribution in [0.4, 0.5) is 11.4 Å². The van der Waals surface area contributed by atoms with E-state index in [1.807, 2.05) is 24.3 Å². The first-order valence-electron chi connectivity index (χ1n) is 9.28. The lowest BCUT2D eigenvalue weighted by atomic mass is 10.1. The van der Waals surface area contributed by atoms with Gasteiger partial charge in [-0.05, 0) is 42.8 Å². The van der Waals surface area contributed by atoms with E-state index in [0.29, 0.717) is 0 Å². The van der Waals surface area contributed by atoms with Crippen molar-refractivity contribution in [2.45, 2.75) is 19.3 Å². The number of non-ortho nitro benzene ring substituents is 1. The maximum Gasteiger partial charge on any atom is 0.269 e. The second kappa shape index (κ2) is 7.58. The summed E-state index contributed by atoms with van der Waals surface area (Å²) in [4.78, 5) is 17.9. The number of amidine groups is 1. The topological polar surface area (TPSA) is 58.7 Å². The van der Waals surface area contributed by atoms with E-state index in [1.165, 1.54) is 6.42 Å². The zero-order valence-corrected chi connectivity index (χ0v) is 15.0. The third-order valence-corrected chi connectivity index (χ3v) is 4.98. The molecule has 3 aromatic carbocycles. The fraction of sp³-hybridized carbons (Fsp3) is 0.227. The number of nitrogens with zero attached hydrogens (tertiary/aromatic N) is 3. The van der Waals surface area contributed by atoms with E-state index in [2.05, 4.69) is 23.1 Å². The van der Waals surface area contributed by atoms with Gasteiger partial charge in [-0.1, -0.05) is 36.4 Å². The van der Waals surface area contributed by atoms with Gasteiger partial charge in [0.1, 0.15) is 5.84 Å². The van der Waals surface area contributed by atoms with E-state index in [1.54, 1.807) is 24.3 Å². The molecule has 0 bridgehead atoms. The summed E-state index contributed by atoms with van der Waals surface area (Å²) >= 11 is 0. The molecule has 0 N–H and O–H groups in total. The molecule has 0 spiro atoms. The summed E-state index contributed by atoms with van der Waals surface area (Å²) in [7, 11) is 0. The number of hydrogen-bond donors (Lipinski definition) is 0. The molecule has 0 unspecified atom stereocenters. The van der Waals surface area contributed by atoms with Crippen molar-refractivity contribution in [2.75, 3.05) is 13.1 Å². The van der Waals surface area contributed by atoms with Gasteiger partial charge < -0.3 is 4.90 Å². The Morgan fingerprint density at radius 1 is 0.889 bits per heavy atom. The molecule has 0 atom stereocenters. The average Bonchev–Trinajstić information content (AvgIpc) is 2.73. The van der Waals surface area contributed by atoms with Gasteiger partial charge in [0.25, 0.3) is 5.69 Å². The van der Waals surface area contributed by atoms with E-state index in [-0.39, 0.29) is 10.6 Å². The molecule has 1 saturated heterocycles. The van der Waals surface area contributed by atoms with Crippen molar-refractivity contribution < 1.29 is 4.92 Å². The zero-order valence-electron chi connectivity index (χ0n) is 15.0. The summed E-state index contributed by atoms with van der Waals surface area (Å²) in [5, 5.41) is 13.2. The molecule has 0 radical (unpaired) electrons. The minimum absolute atomic E-state index is 0.0990. The molecule has 0 aromatic heterocycles. The third kappa shape index (κ3) is 3.67. The lowest BCUT2D eigenvalue weighted by molar-refractivity contribution is -0.384. The Hall–Kier alpha value is -3.21. The summed E-state index contributed by atoms with van der Waals surface area (Å²) in [6.45, 7) is 1.92. The van der Waals surface area contributed by atoms with E-state index < -0.39 is 0 Å². The molecule has 1 fully saturated rings. The lowest BCUT2D eigenvalue weighted by Gasteiger charge is -2.30. The molecule has 5 heteroatoms. The highest BCUT2D eigenvalue weighted by Crippen LogP contribution is 2.28. The molecule has 3 aromatic rings. The normalized spacial score (nSPS) is 15.1. The molecular formula is C22H21N3O2. The van der Waals surface area contributed by atoms with E-state index >= 15 is 0 Å². The fourth-order valence-corrected chi connectivity index (χ4v) is 3.58. The number of benzene rings is 3. The van der Waals surface area contributed by atoms with Gasteiger partial charge in [-0.3, -0.25) is 10.1 Å². The van der Waals surface area contributed by atoms with Crippen molar-refractivity contribution in [1.82, 2.24) is 4.90 Å². The Balaban J connectivity index is 1.81. The zero-order chi connectivity index (χ0) is 18.6. The van der Waals surface area contributed by atoms with Crippen LogP contribution in [-0.2, 0) is 0 Å². The van der Waals surface area contributed by atoms with E-state index in [9.17, 15) is 10.1 Å². The lowest BCUT2D eigenvalue weighted by Crippen LogP contribution is -2.36. The number of likely N-dealkylation sites (tertiary alicyclic amines) is 1. The van der Waals surface area contributed by atoms with E-state index in [0.717, 1.165) is 53.8 Å². The van der Waals surface area contributed by atoms with Crippen LogP contribution in [0, 0.1) is 10.1 Å². The first-order chi connectivity index (χ1) is 13.2. The number of piperidine rings is 1. The summed E-state index contributed by atoms with van der Waals surface area (Å²) in [5.41, 5.74) is 1.93. The standard InChI is InChI=1S/C22H21N3O2/c26-25(27)19-13-11-18(12-14-19)22(24-15-4-1-5-16-24)23-21-10-6-8-17-7-2-3-9-20(17)21/h2-3,6-14H,1,4-5,15-16H2.